The Morgan fingerprint density at radius 2 is 1.86 bits per heavy atom. The number of anilines is 2. The van der Waals surface area contributed by atoms with Crippen molar-refractivity contribution < 1.29 is 4.79 Å². The van der Waals surface area contributed by atoms with Crippen LogP contribution < -0.4 is 10.6 Å². The molecule has 3 heterocycles. The van der Waals surface area contributed by atoms with E-state index < -0.39 is 0 Å². The Morgan fingerprint density at radius 3 is 2.67 bits per heavy atom. The van der Waals surface area contributed by atoms with Crippen molar-refractivity contribution in [2.24, 2.45) is 0 Å². The van der Waals surface area contributed by atoms with Crippen molar-refractivity contribution in [2.45, 2.75) is 32.7 Å². The van der Waals surface area contributed by atoms with Crippen LogP contribution in [-0.4, -0.2) is 36.5 Å². The molecule has 0 fully saturated rings. The van der Waals surface area contributed by atoms with Crippen LogP contribution in [0.2, 0.25) is 0 Å². The summed E-state index contributed by atoms with van der Waals surface area (Å²) in [6, 6.07) is 23.4. The summed E-state index contributed by atoms with van der Waals surface area (Å²) in [4.78, 5) is 26.1. The number of carbonyl (C=O) groups excluding carboxylic acids is 1. The third-order valence-electron chi connectivity index (χ3n) is 5.84. The van der Waals surface area contributed by atoms with Crippen LogP contribution >= 0.6 is 0 Å². The van der Waals surface area contributed by atoms with Gasteiger partial charge >= 0.3 is 0 Å². The highest BCUT2D eigenvalue weighted by Gasteiger charge is 2.14. The molecule has 1 amide bonds. The van der Waals surface area contributed by atoms with Gasteiger partial charge in [-0.15, -0.1) is 5.10 Å². The molecule has 0 spiro atoms. The molecule has 5 rings (SSSR count). The van der Waals surface area contributed by atoms with E-state index in [2.05, 4.69) is 42.8 Å². The van der Waals surface area contributed by atoms with Crippen molar-refractivity contribution in [1.82, 2.24) is 29.9 Å². The summed E-state index contributed by atoms with van der Waals surface area (Å²) in [5, 5.41) is 11.1. The lowest BCUT2D eigenvalue weighted by molar-refractivity contribution is 0.0938. The Kier molecular flexibility index (Phi) is 6.66. The third-order valence-corrected chi connectivity index (χ3v) is 5.84. The zero-order valence-corrected chi connectivity index (χ0v) is 20.2. The zero-order chi connectivity index (χ0) is 24.9. The van der Waals surface area contributed by atoms with Crippen LogP contribution in [0.1, 0.15) is 35.0 Å². The maximum atomic E-state index is 12.9. The van der Waals surface area contributed by atoms with Gasteiger partial charge in [-0.25, -0.2) is 4.98 Å². The molecule has 0 bridgehead atoms. The van der Waals surface area contributed by atoms with Crippen LogP contribution in [0.4, 0.5) is 11.5 Å². The van der Waals surface area contributed by atoms with Crippen LogP contribution in [0.5, 0.6) is 0 Å². The van der Waals surface area contributed by atoms with Gasteiger partial charge in [0, 0.05) is 47.0 Å². The first-order valence-electron chi connectivity index (χ1n) is 11.9. The SMILES string of the molecule is Cc1cc(Nc2cccc(C(=O)N[C@@H](C)CCc3ccccc3)c2)n2nc(-c3cccnc3)nc2n1. The number of fused-ring (bicyclic) bond motifs is 1. The van der Waals surface area contributed by atoms with Crippen LogP contribution in [0.15, 0.2) is 85.2 Å². The molecule has 0 aliphatic carbocycles. The summed E-state index contributed by atoms with van der Waals surface area (Å²) in [7, 11) is 0. The van der Waals surface area contributed by atoms with Crippen molar-refractivity contribution in [3.63, 3.8) is 0 Å². The summed E-state index contributed by atoms with van der Waals surface area (Å²) in [6.45, 7) is 3.94. The molecular formula is C28H27N7O. The zero-order valence-electron chi connectivity index (χ0n) is 20.2. The van der Waals surface area contributed by atoms with E-state index in [-0.39, 0.29) is 11.9 Å². The molecule has 0 aliphatic rings. The van der Waals surface area contributed by atoms with Crippen molar-refractivity contribution >= 4 is 23.2 Å². The minimum Gasteiger partial charge on any atom is -0.350 e. The van der Waals surface area contributed by atoms with Crippen LogP contribution in [0.3, 0.4) is 0 Å². The molecule has 8 heteroatoms. The van der Waals surface area contributed by atoms with E-state index in [9.17, 15) is 4.79 Å². The molecule has 5 aromatic rings. The first-order chi connectivity index (χ1) is 17.5. The third kappa shape index (κ3) is 5.38. The molecule has 36 heavy (non-hydrogen) atoms. The van der Waals surface area contributed by atoms with E-state index in [1.165, 1.54) is 5.56 Å². The van der Waals surface area contributed by atoms with E-state index in [1.807, 2.05) is 74.5 Å². The molecule has 2 aromatic carbocycles. The van der Waals surface area contributed by atoms with Gasteiger partial charge in [-0.1, -0.05) is 36.4 Å². The topological polar surface area (TPSA) is 97.1 Å². The number of rotatable bonds is 8. The number of aryl methyl sites for hydroxylation is 2. The first-order valence-corrected chi connectivity index (χ1v) is 11.9. The van der Waals surface area contributed by atoms with Gasteiger partial charge in [0.15, 0.2) is 5.82 Å². The second kappa shape index (κ2) is 10.4. The second-order valence-electron chi connectivity index (χ2n) is 8.78. The van der Waals surface area contributed by atoms with E-state index in [1.54, 1.807) is 16.9 Å². The monoisotopic (exact) mass is 477 g/mol. The molecule has 2 N–H and O–H groups in total. The van der Waals surface area contributed by atoms with Gasteiger partial charge in [0.2, 0.25) is 0 Å². The second-order valence-corrected chi connectivity index (χ2v) is 8.78. The molecular weight excluding hydrogens is 450 g/mol. The Balaban J connectivity index is 1.31. The lowest BCUT2D eigenvalue weighted by Gasteiger charge is -2.15. The van der Waals surface area contributed by atoms with Crippen LogP contribution in [0, 0.1) is 6.92 Å². The minimum atomic E-state index is -0.102. The summed E-state index contributed by atoms with van der Waals surface area (Å²) in [6.07, 6.45) is 5.22. The highest BCUT2D eigenvalue weighted by Crippen LogP contribution is 2.22. The van der Waals surface area contributed by atoms with Crippen molar-refractivity contribution in [1.29, 1.82) is 0 Å². The Morgan fingerprint density at radius 1 is 1.00 bits per heavy atom. The molecule has 0 unspecified atom stereocenters. The van der Waals surface area contributed by atoms with Gasteiger partial charge in [0.25, 0.3) is 11.7 Å². The maximum Gasteiger partial charge on any atom is 0.254 e. The number of aromatic nitrogens is 5. The molecule has 0 saturated carbocycles. The fourth-order valence-corrected chi connectivity index (χ4v) is 3.99. The predicted molar refractivity (Wildman–Crippen MR) is 140 cm³/mol. The average molecular weight is 478 g/mol. The maximum absolute atomic E-state index is 12.9. The van der Waals surface area contributed by atoms with Crippen LogP contribution in [-0.2, 0) is 6.42 Å². The fourth-order valence-electron chi connectivity index (χ4n) is 3.99. The fraction of sp³-hybridized carbons (Fsp3) is 0.179. The number of pyridine rings is 1. The largest absolute Gasteiger partial charge is 0.350 e. The van der Waals surface area contributed by atoms with Gasteiger partial charge in [0.05, 0.1) is 0 Å². The Labute approximate surface area is 209 Å². The summed E-state index contributed by atoms with van der Waals surface area (Å²) < 4.78 is 1.66. The van der Waals surface area contributed by atoms with Crippen LogP contribution in [0.25, 0.3) is 17.2 Å². The van der Waals surface area contributed by atoms with Gasteiger partial charge in [-0.3, -0.25) is 9.78 Å². The number of amides is 1. The standard InChI is InChI=1S/C28H27N7O/c1-19(13-14-21-8-4-3-5-9-21)30-27(36)22-10-6-12-24(17-22)32-25-16-20(2)31-28-33-26(34-35(25)28)23-11-7-15-29-18-23/h3-12,15-19,32H,13-14H2,1-2H3,(H,30,36)/t19-/m0/s1. The first kappa shape index (κ1) is 23.2. The highest BCUT2D eigenvalue weighted by molar-refractivity contribution is 5.95. The van der Waals surface area contributed by atoms with E-state index in [4.69, 9.17) is 0 Å². The number of hydrogen-bond donors (Lipinski definition) is 2. The van der Waals surface area contributed by atoms with Crippen molar-refractivity contribution in [3.05, 3.63) is 102 Å². The summed E-state index contributed by atoms with van der Waals surface area (Å²) >= 11 is 0. The van der Waals surface area contributed by atoms with E-state index >= 15 is 0 Å². The van der Waals surface area contributed by atoms with Gasteiger partial charge in [0.1, 0.15) is 5.82 Å². The Bertz CT molecular complexity index is 1480. The lowest BCUT2D eigenvalue weighted by Crippen LogP contribution is -2.32. The smallest absolute Gasteiger partial charge is 0.254 e. The molecule has 0 aliphatic heterocycles. The number of nitrogens with one attached hydrogen (secondary N) is 2. The quantitative estimate of drug-likeness (QED) is 0.327. The lowest BCUT2D eigenvalue weighted by atomic mass is 10.1. The molecule has 180 valence electrons. The molecule has 3 aromatic heterocycles. The molecule has 1 atom stereocenters. The Hall–Kier alpha value is -4.59. The van der Waals surface area contributed by atoms with E-state index in [0.29, 0.717) is 23.0 Å². The van der Waals surface area contributed by atoms with Gasteiger partial charge in [-0.2, -0.15) is 9.50 Å². The van der Waals surface area contributed by atoms with Gasteiger partial charge < -0.3 is 10.6 Å². The van der Waals surface area contributed by atoms with Crippen molar-refractivity contribution in [2.75, 3.05) is 5.32 Å². The number of benzene rings is 2. The predicted octanol–water partition coefficient (Wildman–Crippen LogP) is 4.99. The normalized spacial score (nSPS) is 11.8. The highest BCUT2D eigenvalue weighted by atomic mass is 16.1. The van der Waals surface area contributed by atoms with Crippen molar-refractivity contribution in [3.8, 4) is 11.4 Å². The van der Waals surface area contributed by atoms with Gasteiger partial charge in [-0.05, 0) is 62.6 Å². The summed E-state index contributed by atoms with van der Waals surface area (Å²) in [5.41, 5.74) is 4.24. The number of nitrogens with zero attached hydrogens (tertiary/aromatic N) is 5. The average Bonchev–Trinajstić information content (AvgIpc) is 3.33. The molecule has 0 saturated heterocycles. The minimum absolute atomic E-state index is 0.0536. The number of carbonyl (C=O) groups is 1. The molecule has 8 nitrogen and oxygen atoms in total. The number of hydrogen-bond acceptors (Lipinski definition) is 6. The van der Waals surface area contributed by atoms with E-state index in [0.717, 1.165) is 29.8 Å². The summed E-state index contributed by atoms with van der Waals surface area (Å²) in [5.74, 6) is 1.63. The molecule has 0 radical (unpaired) electrons.